The Kier molecular flexibility index (Phi) is 4.66. The van der Waals surface area contributed by atoms with Gasteiger partial charge in [-0.15, -0.1) is 0 Å². The third kappa shape index (κ3) is 3.57. The molecule has 0 radical (unpaired) electrons. The minimum absolute atomic E-state index is 0.0236. The average Bonchev–Trinajstić information content (AvgIpc) is 3.05. The van der Waals surface area contributed by atoms with Crippen LogP contribution in [0.25, 0.3) is 11.0 Å². The number of hydrogen-bond acceptors (Lipinski definition) is 4. The summed E-state index contributed by atoms with van der Waals surface area (Å²) in [6, 6.07) is 10.2. The minimum Gasteiger partial charge on any atom is -0.375 e. The number of aryl methyl sites for hydroxylation is 2. The van der Waals surface area contributed by atoms with Gasteiger partial charge >= 0.3 is 0 Å². The Balaban J connectivity index is 1.69. The van der Waals surface area contributed by atoms with Crippen LogP contribution in [-0.2, 0) is 11.3 Å². The van der Waals surface area contributed by atoms with E-state index in [0.717, 1.165) is 22.3 Å². The van der Waals surface area contributed by atoms with Crippen LogP contribution in [0.3, 0.4) is 0 Å². The third-order valence-electron chi connectivity index (χ3n) is 4.95. The highest BCUT2D eigenvalue weighted by Crippen LogP contribution is 2.22. The van der Waals surface area contributed by atoms with E-state index in [4.69, 9.17) is 4.74 Å². The lowest BCUT2D eigenvalue weighted by Gasteiger charge is -2.31. The van der Waals surface area contributed by atoms with Crippen molar-refractivity contribution >= 4 is 16.9 Å². The topological polar surface area (TPSA) is 60.2 Å². The summed E-state index contributed by atoms with van der Waals surface area (Å²) in [6.07, 6.45) is 1.82. The first-order valence-electron chi connectivity index (χ1n) is 9.31. The first-order valence-corrected chi connectivity index (χ1v) is 9.31. The molecule has 0 bridgehead atoms. The fraction of sp³-hybridized carbons (Fsp3) is 0.381. The number of benzene rings is 1. The lowest BCUT2D eigenvalue weighted by atomic mass is 10.1. The van der Waals surface area contributed by atoms with E-state index < -0.39 is 0 Å². The highest BCUT2D eigenvalue weighted by Gasteiger charge is 2.25. The van der Waals surface area contributed by atoms with Crippen LogP contribution in [0.4, 0.5) is 0 Å². The summed E-state index contributed by atoms with van der Waals surface area (Å²) >= 11 is 0. The van der Waals surface area contributed by atoms with E-state index in [2.05, 4.69) is 41.3 Å². The summed E-state index contributed by atoms with van der Waals surface area (Å²) in [5.74, 6) is 0.0236. The molecule has 6 nitrogen and oxygen atoms in total. The van der Waals surface area contributed by atoms with E-state index in [1.807, 2.05) is 29.5 Å². The van der Waals surface area contributed by atoms with Crippen molar-refractivity contribution < 1.29 is 9.53 Å². The van der Waals surface area contributed by atoms with Gasteiger partial charge in [-0.25, -0.2) is 9.67 Å². The van der Waals surface area contributed by atoms with E-state index in [-0.39, 0.29) is 12.0 Å². The Hall–Kier alpha value is -2.73. The predicted octanol–water partition coefficient (Wildman–Crippen LogP) is 2.96. The number of carbonyl (C=O) groups excluding carboxylic acids is 1. The molecule has 4 rings (SSSR count). The van der Waals surface area contributed by atoms with Gasteiger partial charge in [0.15, 0.2) is 5.65 Å². The van der Waals surface area contributed by atoms with E-state index in [1.165, 1.54) is 5.56 Å². The molecule has 6 heteroatoms. The van der Waals surface area contributed by atoms with E-state index in [9.17, 15) is 4.79 Å². The number of ether oxygens (including phenoxy) is 1. The normalized spacial score (nSPS) is 17.4. The molecule has 1 atom stereocenters. The maximum atomic E-state index is 13.1. The molecule has 1 fully saturated rings. The van der Waals surface area contributed by atoms with Crippen molar-refractivity contribution in [2.24, 2.45) is 0 Å². The fourth-order valence-corrected chi connectivity index (χ4v) is 3.51. The number of rotatable bonds is 3. The van der Waals surface area contributed by atoms with Gasteiger partial charge in [0.05, 0.1) is 36.4 Å². The summed E-state index contributed by atoms with van der Waals surface area (Å²) in [5.41, 5.74) is 4.62. The van der Waals surface area contributed by atoms with Crippen LogP contribution >= 0.6 is 0 Å². The molecule has 1 aromatic carbocycles. The van der Waals surface area contributed by atoms with Crippen LogP contribution in [0.1, 0.15) is 34.1 Å². The Morgan fingerprint density at radius 1 is 1.26 bits per heavy atom. The van der Waals surface area contributed by atoms with Crippen molar-refractivity contribution in [3.63, 3.8) is 0 Å². The molecule has 27 heavy (non-hydrogen) atoms. The molecule has 1 saturated heterocycles. The van der Waals surface area contributed by atoms with Crippen LogP contribution in [0.15, 0.2) is 36.5 Å². The van der Waals surface area contributed by atoms with Crippen LogP contribution in [-0.4, -0.2) is 51.4 Å². The summed E-state index contributed by atoms with van der Waals surface area (Å²) in [4.78, 5) is 19.6. The van der Waals surface area contributed by atoms with Gasteiger partial charge in [-0.2, -0.15) is 5.10 Å². The second-order valence-corrected chi connectivity index (χ2v) is 7.27. The molecule has 0 aliphatic carbocycles. The van der Waals surface area contributed by atoms with Crippen molar-refractivity contribution in [2.75, 3.05) is 19.7 Å². The number of fused-ring (bicyclic) bond motifs is 1. The average molecular weight is 364 g/mol. The quantitative estimate of drug-likeness (QED) is 0.717. The zero-order valence-corrected chi connectivity index (χ0v) is 16.0. The van der Waals surface area contributed by atoms with Crippen LogP contribution in [0, 0.1) is 13.8 Å². The molecule has 3 aromatic rings. The first kappa shape index (κ1) is 17.7. The molecule has 0 saturated carbocycles. The van der Waals surface area contributed by atoms with Crippen LogP contribution < -0.4 is 0 Å². The van der Waals surface area contributed by atoms with Gasteiger partial charge < -0.3 is 9.64 Å². The number of pyridine rings is 1. The highest BCUT2D eigenvalue weighted by molar-refractivity contribution is 6.05. The molecular weight excluding hydrogens is 340 g/mol. The number of aromatic nitrogens is 3. The summed E-state index contributed by atoms with van der Waals surface area (Å²) < 4.78 is 7.43. The Morgan fingerprint density at radius 3 is 2.78 bits per heavy atom. The predicted molar refractivity (Wildman–Crippen MR) is 104 cm³/mol. The summed E-state index contributed by atoms with van der Waals surface area (Å²) in [6.45, 7) is 8.41. The van der Waals surface area contributed by atoms with Crippen LogP contribution in [0.2, 0.25) is 0 Å². The van der Waals surface area contributed by atoms with Gasteiger partial charge in [-0.3, -0.25) is 4.79 Å². The molecule has 3 heterocycles. The Bertz CT molecular complexity index is 978. The maximum absolute atomic E-state index is 13.1. The highest BCUT2D eigenvalue weighted by atomic mass is 16.5. The monoisotopic (exact) mass is 364 g/mol. The van der Waals surface area contributed by atoms with E-state index >= 15 is 0 Å². The Morgan fingerprint density at radius 2 is 2.04 bits per heavy atom. The van der Waals surface area contributed by atoms with Crippen LogP contribution in [0.5, 0.6) is 0 Å². The molecule has 1 amide bonds. The standard InChI is InChI=1S/C21H24N4O2/c1-14-4-6-17(7-5-14)13-25-20-19(11-22-25)18(10-15(2)23-20)21(26)24-8-9-27-16(3)12-24/h4-7,10-11,16H,8-9,12-13H2,1-3H3. The van der Waals surface area contributed by atoms with E-state index in [1.54, 1.807) is 6.20 Å². The molecule has 2 aromatic heterocycles. The van der Waals surface area contributed by atoms with Gasteiger partial charge in [-0.05, 0) is 32.4 Å². The molecule has 1 unspecified atom stereocenters. The third-order valence-corrected chi connectivity index (χ3v) is 4.95. The van der Waals surface area contributed by atoms with E-state index in [0.29, 0.717) is 31.8 Å². The number of carbonyl (C=O) groups is 1. The zero-order valence-electron chi connectivity index (χ0n) is 16.0. The summed E-state index contributed by atoms with van der Waals surface area (Å²) in [5, 5.41) is 5.32. The molecule has 1 aliphatic rings. The SMILES string of the molecule is Cc1ccc(Cn2ncc3c(C(=O)N4CCOC(C)C4)cc(C)nc32)cc1. The fourth-order valence-electron chi connectivity index (χ4n) is 3.51. The van der Waals surface area contributed by atoms with Gasteiger partial charge in [-0.1, -0.05) is 29.8 Å². The molecule has 0 spiro atoms. The maximum Gasteiger partial charge on any atom is 0.254 e. The smallest absolute Gasteiger partial charge is 0.254 e. The summed E-state index contributed by atoms with van der Waals surface area (Å²) in [7, 11) is 0. The lowest BCUT2D eigenvalue weighted by Crippen LogP contribution is -2.44. The second-order valence-electron chi connectivity index (χ2n) is 7.27. The zero-order chi connectivity index (χ0) is 19.0. The van der Waals surface area contributed by atoms with Crippen molar-refractivity contribution in [3.05, 3.63) is 58.9 Å². The first-order chi connectivity index (χ1) is 13.0. The van der Waals surface area contributed by atoms with Crippen molar-refractivity contribution in [2.45, 2.75) is 33.4 Å². The van der Waals surface area contributed by atoms with Crippen molar-refractivity contribution in [1.29, 1.82) is 0 Å². The van der Waals surface area contributed by atoms with Crippen molar-refractivity contribution in [3.8, 4) is 0 Å². The second kappa shape index (κ2) is 7.12. The van der Waals surface area contributed by atoms with Gasteiger partial charge in [0.2, 0.25) is 0 Å². The van der Waals surface area contributed by atoms with Gasteiger partial charge in [0.25, 0.3) is 5.91 Å². The van der Waals surface area contributed by atoms with Gasteiger partial charge in [0, 0.05) is 18.8 Å². The van der Waals surface area contributed by atoms with Gasteiger partial charge in [0.1, 0.15) is 0 Å². The van der Waals surface area contributed by atoms with Crippen molar-refractivity contribution in [1.82, 2.24) is 19.7 Å². The Labute approximate surface area is 158 Å². The number of morpholine rings is 1. The number of hydrogen-bond donors (Lipinski definition) is 0. The number of amides is 1. The molecular formula is C21H24N4O2. The minimum atomic E-state index is 0.0236. The molecule has 140 valence electrons. The number of nitrogens with zero attached hydrogens (tertiary/aromatic N) is 4. The lowest BCUT2D eigenvalue weighted by molar-refractivity contribution is -0.0123. The largest absolute Gasteiger partial charge is 0.375 e. The molecule has 0 N–H and O–H groups in total. The molecule has 1 aliphatic heterocycles.